The molecule has 1 atom stereocenters. The average Bonchev–Trinajstić information content (AvgIpc) is 2.85. The topological polar surface area (TPSA) is 51.0 Å². The van der Waals surface area contributed by atoms with Crippen LogP contribution >= 0.6 is 0 Å². The molecular formula is C13H16FN3O. The van der Waals surface area contributed by atoms with Gasteiger partial charge in [-0.25, -0.2) is 4.39 Å². The molecule has 0 aliphatic rings. The standard InChI is InChI=1S/C13H16FN3O/c1-3-9(2)15-8-12-16-13(17-18-12)10-6-4-5-7-11(10)14/h4-7,9,15H,3,8H2,1-2H3. The van der Waals surface area contributed by atoms with Gasteiger partial charge in [0.15, 0.2) is 0 Å². The van der Waals surface area contributed by atoms with Crippen molar-refractivity contribution in [3.05, 3.63) is 36.0 Å². The summed E-state index contributed by atoms with van der Waals surface area (Å²) in [5.41, 5.74) is 0.357. The maximum Gasteiger partial charge on any atom is 0.240 e. The van der Waals surface area contributed by atoms with E-state index in [1.54, 1.807) is 18.2 Å². The molecule has 18 heavy (non-hydrogen) atoms. The lowest BCUT2D eigenvalue weighted by Crippen LogP contribution is -2.24. The van der Waals surface area contributed by atoms with Crippen LogP contribution in [0.25, 0.3) is 11.4 Å². The minimum absolute atomic E-state index is 0.286. The molecular weight excluding hydrogens is 233 g/mol. The molecule has 0 aliphatic heterocycles. The summed E-state index contributed by atoms with van der Waals surface area (Å²) in [6, 6.07) is 6.76. The number of nitrogens with zero attached hydrogens (tertiary/aromatic N) is 2. The van der Waals surface area contributed by atoms with Crippen LogP contribution in [0.4, 0.5) is 4.39 Å². The second-order valence-electron chi connectivity index (χ2n) is 4.18. The molecule has 0 amide bonds. The van der Waals surface area contributed by atoms with Crippen LogP contribution in [0.2, 0.25) is 0 Å². The molecule has 2 aromatic rings. The van der Waals surface area contributed by atoms with Crippen molar-refractivity contribution in [2.45, 2.75) is 32.9 Å². The average molecular weight is 249 g/mol. The molecule has 0 aliphatic carbocycles. The van der Waals surface area contributed by atoms with E-state index in [4.69, 9.17) is 4.52 Å². The Morgan fingerprint density at radius 1 is 1.39 bits per heavy atom. The maximum atomic E-state index is 13.5. The van der Waals surface area contributed by atoms with Gasteiger partial charge in [-0.3, -0.25) is 0 Å². The van der Waals surface area contributed by atoms with Gasteiger partial charge in [0, 0.05) is 6.04 Å². The van der Waals surface area contributed by atoms with E-state index < -0.39 is 0 Å². The monoisotopic (exact) mass is 249 g/mol. The number of rotatable bonds is 5. The largest absolute Gasteiger partial charge is 0.338 e. The highest BCUT2D eigenvalue weighted by molar-refractivity contribution is 5.54. The molecule has 0 fully saturated rings. The van der Waals surface area contributed by atoms with Gasteiger partial charge in [0.1, 0.15) is 5.82 Å². The molecule has 1 unspecified atom stereocenters. The van der Waals surface area contributed by atoms with Crippen LogP contribution in [0.1, 0.15) is 26.2 Å². The van der Waals surface area contributed by atoms with E-state index in [-0.39, 0.29) is 11.6 Å². The van der Waals surface area contributed by atoms with Gasteiger partial charge in [-0.1, -0.05) is 24.2 Å². The third-order valence-electron chi connectivity index (χ3n) is 2.80. The Morgan fingerprint density at radius 3 is 2.89 bits per heavy atom. The van der Waals surface area contributed by atoms with Gasteiger partial charge in [-0.2, -0.15) is 4.98 Å². The van der Waals surface area contributed by atoms with Crippen LogP contribution in [0.15, 0.2) is 28.8 Å². The van der Waals surface area contributed by atoms with Gasteiger partial charge < -0.3 is 9.84 Å². The lowest BCUT2D eigenvalue weighted by molar-refractivity contribution is 0.358. The number of benzene rings is 1. The lowest BCUT2D eigenvalue weighted by atomic mass is 10.2. The molecule has 1 N–H and O–H groups in total. The quantitative estimate of drug-likeness (QED) is 0.885. The summed E-state index contributed by atoms with van der Waals surface area (Å²) < 4.78 is 18.6. The summed E-state index contributed by atoms with van der Waals surface area (Å²) in [6.45, 7) is 4.67. The molecule has 2 rings (SSSR count). The number of hydrogen-bond donors (Lipinski definition) is 1. The minimum Gasteiger partial charge on any atom is -0.338 e. The Kier molecular flexibility index (Phi) is 4.04. The third-order valence-corrected chi connectivity index (χ3v) is 2.80. The Balaban J connectivity index is 2.09. The molecule has 0 saturated heterocycles. The number of nitrogens with one attached hydrogen (secondary N) is 1. The highest BCUT2D eigenvalue weighted by Crippen LogP contribution is 2.18. The summed E-state index contributed by atoms with van der Waals surface area (Å²) in [6.07, 6.45) is 1.02. The van der Waals surface area contributed by atoms with Crippen LogP contribution < -0.4 is 5.32 Å². The fourth-order valence-corrected chi connectivity index (χ4v) is 1.48. The van der Waals surface area contributed by atoms with Crippen molar-refractivity contribution in [1.82, 2.24) is 15.5 Å². The fraction of sp³-hybridized carbons (Fsp3) is 0.385. The molecule has 0 bridgehead atoms. The first-order valence-electron chi connectivity index (χ1n) is 6.01. The van der Waals surface area contributed by atoms with Crippen LogP contribution in [0.5, 0.6) is 0 Å². The van der Waals surface area contributed by atoms with E-state index in [9.17, 15) is 4.39 Å². The van der Waals surface area contributed by atoms with E-state index in [1.807, 2.05) is 0 Å². The van der Waals surface area contributed by atoms with Crippen molar-refractivity contribution < 1.29 is 8.91 Å². The van der Waals surface area contributed by atoms with Crippen molar-refractivity contribution in [3.8, 4) is 11.4 Å². The molecule has 1 aromatic heterocycles. The summed E-state index contributed by atoms with van der Waals surface area (Å²) in [5, 5.41) is 7.02. The Bertz CT molecular complexity index is 512. The molecule has 5 heteroatoms. The predicted molar refractivity (Wildman–Crippen MR) is 66.3 cm³/mol. The molecule has 4 nitrogen and oxygen atoms in total. The van der Waals surface area contributed by atoms with Crippen LogP contribution in [-0.4, -0.2) is 16.2 Å². The van der Waals surface area contributed by atoms with Crippen molar-refractivity contribution >= 4 is 0 Å². The Morgan fingerprint density at radius 2 is 2.17 bits per heavy atom. The first kappa shape index (κ1) is 12.7. The molecule has 0 spiro atoms. The fourth-order valence-electron chi connectivity index (χ4n) is 1.48. The zero-order valence-electron chi connectivity index (χ0n) is 10.5. The summed E-state index contributed by atoms with van der Waals surface area (Å²) in [4.78, 5) is 4.17. The third kappa shape index (κ3) is 2.92. The smallest absolute Gasteiger partial charge is 0.240 e. The number of aromatic nitrogens is 2. The summed E-state index contributed by atoms with van der Waals surface area (Å²) in [7, 11) is 0. The molecule has 1 aromatic carbocycles. The Hall–Kier alpha value is -1.75. The zero-order valence-corrected chi connectivity index (χ0v) is 10.5. The van der Waals surface area contributed by atoms with E-state index in [2.05, 4.69) is 29.3 Å². The van der Waals surface area contributed by atoms with Crippen molar-refractivity contribution in [2.24, 2.45) is 0 Å². The van der Waals surface area contributed by atoms with Crippen molar-refractivity contribution in [3.63, 3.8) is 0 Å². The Labute approximate surface area is 105 Å². The van der Waals surface area contributed by atoms with Gasteiger partial charge in [-0.05, 0) is 25.5 Å². The second kappa shape index (κ2) is 5.73. The highest BCUT2D eigenvalue weighted by Gasteiger charge is 2.12. The first-order chi connectivity index (χ1) is 8.70. The van der Waals surface area contributed by atoms with Crippen LogP contribution in [0, 0.1) is 5.82 Å². The van der Waals surface area contributed by atoms with Crippen LogP contribution in [0.3, 0.4) is 0 Å². The van der Waals surface area contributed by atoms with Gasteiger partial charge in [0.2, 0.25) is 11.7 Å². The van der Waals surface area contributed by atoms with E-state index in [1.165, 1.54) is 6.07 Å². The highest BCUT2D eigenvalue weighted by atomic mass is 19.1. The van der Waals surface area contributed by atoms with E-state index in [0.29, 0.717) is 24.0 Å². The summed E-state index contributed by atoms with van der Waals surface area (Å²) >= 11 is 0. The minimum atomic E-state index is -0.347. The second-order valence-corrected chi connectivity index (χ2v) is 4.18. The van der Waals surface area contributed by atoms with Crippen LogP contribution in [-0.2, 0) is 6.54 Å². The van der Waals surface area contributed by atoms with E-state index in [0.717, 1.165) is 6.42 Å². The molecule has 0 radical (unpaired) electrons. The van der Waals surface area contributed by atoms with Gasteiger partial charge in [0.25, 0.3) is 0 Å². The summed E-state index contributed by atoms with van der Waals surface area (Å²) in [5.74, 6) is 0.405. The maximum absolute atomic E-state index is 13.5. The molecule has 0 saturated carbocycles. The van der Waals surface area contributed by atoms with Gasteiger partial charge >= 0.3 is 0 Å². The van der Waals surface area contributed by atoms with Crippen molar-refractivity contribution in [2.75, 3.05) is 0 Å². The number of hydrogen-bond acceptors (Lipinski definition) is 4. The predicted octanol–water partition coefficient (Wildman–Crippen LogP) is 2.76. The van der Waals surface area contributed by atoms with Gasteiger partial charge in [-0.15, -0.1) is 0 Å². The lowest BCUT2D eigenvalue weighted by Gasteiger charge is -2.07. The molecule has 96 valence electrons. The SMILES string of the molecule is CCC(C)NCc1nc(-c2ccccc2F)no1. The number of halogens is 1. The van der Waals surface area contributed by atoms with Crippen molar-refractivity contribution in [1.29, 1.82) is 0 Å². The molecule has 1 heterocycles. The van der Waals surface area contributed by atoms with E-state index >= 15 is 0 Å². The van der Waals surface area contributed by atoms with Gasteiger partial charge in [0.05, 0.1) is 12.1 Å². The normalized spacial score (nSPS) is 12.6. The first-order valence-corrected chi connectivity index (χ1v) is 6.01. The zero-order chi connectivity index (χ0) is 13.0.